The highest BCUT2D eigenvalue weighted by atomic mass is 16.4. The standard InChI is InChI=1S/C49H78N14O10/c1-8-30(4)41(47(72)73)63(7)46(71)38(17-13-23-56-49(52)53)62(6)45(70)34(16-12-22-55-48(50)51)60-43(68)36(24-29(2)3)61-44(69)37(26-31-14-10-9-11-15-31)59-40(66)28-57-39(65)27-58-42(67)35(54-5)25-32-18-20-33(64)21-19-32/h9-11,14-15,18-21,29-30,34-38,41,54,64H,8,12-13,16-17,22-28H2,1-7H3,(H,57,65)(H,58,67)(H,59,66)(H,60,68)(H,61,69)(H,72,73)(H4,50,51,55)(H4,52,53,56)/t30-,34-,35-,36-,37-,38-,41-/m0/s1. The molecule has 0 aromatic heterocycles. The van der Waals surface area contributed by atoms with E-state index in [0.29, 0.717) is 12.0 Å². The van der Waals surface area contributed by atoms with Gasteiger partial charge in [0.05, 0.1) is 19.1 Å². The molecular weight excluding hydrogens is 945 g/mol. The number of aliphatic imine (C=N–C) groups is 2. The van der Waals surface area contributed by atoms with Gasteiger partial charge in [-0.25, -0.2) is 4.79 Å². The molecule has 0 heterocycles. The van der Waals surface area contributed by atoms with E-state index < -0.39 is 103 Å². The minimum absolute atomic E-state index is 0.0185. The number of phenolic OH excluding ortho intramolecular Hbond substituents is 1. The highest BCUT2D eigenvalue weighted by Crippen LogP contribution is 2.20. The molecule has 2 aromatic rings. The maximum absolute atomic E-state index is 14.6. The van der Waals surface area contributed by atoms with Crippen molar-refractivity contribution in [3.8, 4) is 5.75 Å². The summed E-state index contributed by atoms with van der Waals surface area (Å²) < 4.78 is 0. The van der Waals surface area contributed by atoms with Crippen molar-refractivity contribution in [1.82, 2.24) is 41.7 Å². The lowest BCUT2D eigenvalue weighted by Gasteiger charge is -2.36. The van der Waals surface area contributed by atoms with Gasteiger partial charge >= 0.3 is 5.97 Å². The second-order valence-electron chi connectivity index (χ2n) is 18.2. The number of aromatic hydroxyl groups is 1. The first kappa shape index (κ1) is 61.6. The van der Waals surface area contributed by atoms with Gasteiger partial charge in [-0.05, 0) is 80.7 Å². The van der Waals surface area contributed by atoms with Gasteiger partial charge in [-0.2, -0.15) is 0 Å². The Kier molecular flexibility index (Phi) is 26.8. The molecule has 2 rings (SSSR count). The SMILES string of the molecule is CC[C@H](C)[C@@H](C(=O)O)N(C)C(=O)[C@H](CCCN=C(N)N)N(C)C(=O)[C@H](CCCN=C(N)N)NC(=O)[C@H](CC(C)C)NC(=O)[C@H](Cc1ccccc1)NC(=O)CNC(=O)CNC(=O)[C@H](Cc1ccc(O)cc1)NC. The maximum Gasteiger partial charge on any atom is 0.326 e. The summed E-state index contributed by atoms with van der Waals surface area (Å²) in [6, 6.07) is 8.12. The number of carboxylic acid groups (broad SMARTS) is 1. The zero-order valence-corrected chi connectivity index (χ0v) is 43.1. The van der Waals surface area contributed by atoms with Crippen LogP contribution < -0.4 is 54.8 Å². The number of hydrogen-bond donors (Lipinski definition) is 12. The third-order valence-electron chi connectivity index (χ3n) is 12.0. The Labute approximate surface area is 427 Å². The van der Waals surface area contributed by atoms with Gasteiger partial charge in [0.15, 0.2) is 11.9 Å². The molecule has 24 nitrogen and oxygen atoms in total. The maximum atomic E-state index is 14.6. The average Bonchev–Trinajstić information content (AvgIpc) is 3.34. The molecule has 16 N–H and O–H groups in total. The molecule has 0 aliphatic carbocycles. The molecule has 404 valence electrons. The fraction of sp³-hybridized carbons (Fsp3) is 0.551. The Morgan fingerprint density at radius 2 is 1.16 bits per heavy atom. The lowest BCUT2D eigenvalue weighted by molar-refractivity contribution is -0.155. The van der Waals surface area contributed by atoms with Gasteiger partial charge in [0.25, 0.3) is 0 Å². The fourth-order valence-electron chi connectivity index (χ4n) is 7.80. The molecular formula is C49H78N14O10. The number of nitrogens with two attached hydrogens (primary N) is 4. The Morgan fingerprint density at radius 1 is 0.630 bits per heavy atom. The summed E-state index contributed by atoms with van der Waals surface area (Å²) in [7, 11) is 4.32. The summed E-state index contributed by atoms with van der Waals surface area (Å²) in [5.41, 5.74) is 23.6. The first-order valence-corrected chi connectivity index (χ1v) is 24.3. The number of rotatable bonds is 32. The van der Waals surface area contributed by atoms with Crippen LogP contribution in [0.4, 0.5) is 0 Å². The van der Waals surface area contributed by atoms with E-state index in [9.17, 15) is 48.6 Å². The summed E-state index contributed by atoms with van der Waals surface area (Å²) in [5, 5.41) is 35.7. The van der Waals surface area contributed by atoms with E-state index in [0.717, 1.165) is 15.4 Å². The van der Waals surface area contributed by atoms with Crippen molar-refractivity contribution < 1.29 is 48.6 Å². The molecule has 7 atom stereocenters. The molecule has 0 aliphatic heterocycles. The van der Waals surface area contributed by atoms with E-state index in [1.54, 1.807) is 63.4 Å². The van der Waals surface area contributed by atoms with E-state index in [2.05, 4.69) is 41.9 Å². The van der Waals surface area contributed by atoms with E-state index >= 15 is 0 Å². The molecule has 7 amide bonds. The molecule has 73 heavy (non-hydrogen) atoms. The lowest BCUT2D eigenvalue weighted by Crippen LogP contribution is -2.60. The lowest BCUT2D eigenvalue weighted by atomic mass is 9.96. The third-order valence-corrected chi connectivity index (χ3v) is 12.0. The first-order valence-electron chi connectivity index (χ1n) is 24.3. The molecule has 0 bridgehead atoms. The molecule has 0 unspecified atom stereocenters. The number of benzene rings is 2. The van der Waals surface area contributed by atoms with Crippen LogP contribution in [0.3, 0.4) is 0 Å². The van der Waals surface area contributed by atoms with E-state index in [4.69, 9.17) is 22.9 Å². The van der Waals surface area contributed by atoms with Crippen molar-refractivity contribution >= 4 is 59.2 Å². The van der Waals surface area contributed by atoms with Crippen molar-refractivity contribution in [2.75, 3.05) is 47.3 Å². The third kappa shape index (κ3) is 22.2. The van der Waals surface area contributed by atoms with Crippen molar-refractivity contribution in [3.05, 3.63) is 65.7 Å². The Hall–Kier alpha value is -7.50. The van der Waals surface area contributed by atoms with Gasteiger partial charge < -0.3 is 74.8 Å². The molecule has 2 aromatic carbocycles. The minimum atomic E-state index is -1.31. The van der Waals surface area contributed by atoms with Crippen molar-refractivity contribution in [2.45, 2.75) is 115 Å². The van der Waals surface area contributed by atoms with Gasteiger partial charge in [-0.3, -0.25) is 43.5 Å². The number of amides is 7. The largest absolute Gasteiger partial charge is 0.508 e. The first-order chi connectivity index (χ1) is 34.5. The predicted molar refractivity (Wildman–Crippen MR) is 276 cm³/mol. The Bertz CT molecular complexity index is 2190. The zero-order chi connectivity index (χ0) is 54.8. The number of likely N-dealkylation sites (N-methyl/N-ethyl adjacent to an activating group) is 3. The number of aliphatic carboxylic acids is 1. The van der Waals surface area contributed by atoms with Crippen molar-refractivity contribution in [2.24, 2.45) is 44.8 Å². The number of phenols is 1. The quantitative estimate of drug-likeness (QED) is 0.0223. The normalized spacial score (nSPS) is 13.8. The molecule has 24 heteroatoms. The predicted octanol–water partition coefficient (Wildman–Crippen LogP) is -1.61. The van der Waals surface area contributed by atoms with Gasteiger partial charge in [0.1, 0.15) is 36.0 Å². The van der Waals surface area contributed by atoms with Gasteiger partial charge in [-0.1, -0.05) is 76.6 Å². The van der Waals surface area contributed by atoms with Crippen LogP contribution in [0.25, 0.3) is 0 Å². The molecule has 0 saturated carbocycles. The smallest absolute Gasteiger partial charge is 0.326 e. The number of carbonyl (C=O) groups excluding carboxylic acids is 7. The summed E-state index contributed by atoms with van der Waals surface area (Å²) in [6.45, 7) is 6.29. The number of hydrogen-bond acceptors (Lipinski definition) is 12. The number of nitrogens with one attached hydrogen (secondary N) is 6. The fourth-order valence-corrected chi connectivity index (χ4v) is 7.80. The van der Waals surface area contributed by atoms with Crippen LogP contribution in [0.15, 0.2) is 64.6 Å². The second kappa shape index (κ2) is 31.8. The number of carboxylic acids is 1. The van der Waals surface area contributed by atoms with Crippen molar-refractivity contribution in [1.29, 1.82) is 0 Å². The van der Waals surface area contributed by atoms with Gasteiger partial charge in [-0.15, -0.1) is 0 Å². The van der Waals surface area contributed by atoms with E-state index in [1.165, 1.54) is 26.2 Å². The van der Waals surface area contributed by atoms with Gasteiger partial charge in [0.2, 0.25) is 41.4 Å². The zero-order valence-electron chi connectivity index (χ0n) is 43.1. The molecule has 0 aliphatic rings. The van der Waals surface area contributed by atoms with E-state index in [1.807, 2.05) is 13.8 Å². The monoisotopic (exact) mass is 1020 g/mol. The topological polar surface area (TPSA) is 384 Å². The van der Waals surface area contributed by atoms with Crippen molar-refractivity contribution in [3.63, 3.8) is 0 Å². The van der Waals surface area contributed by atoms with Crippen LogP contribution in [0.5, 0.6) is 5.75 Å². The highest BCUT2D eigenvalue weighted by molar-refractivity contribution is 5.97. The van der Waals surface area contributed by atoms with Crippen LogP contribution >= 0.6 is 0 Å². The van der Waals surface area contributed by atoms with E-state index in [-0.39, 0.29) is 81.6 Å². The Morgan fingerprint density at radius 3 is 1.71 bits per heavy atom. The molecule has 0 saturated heterocycles. The molecule has 0 radical (unpaired) electrons. The van der Waals surface area contributed by atoms with Crippen LogP contribution in [0.2, 0.25) is 0 Å². The number of carbonyl (C=O) groups is 8. The van der Waals surface area contributed by atoms with Crippen LogP contribution in [0, 0.1) is 11.8 Å². The summed E-state index contributed by atoms with van der Waals surface area (Å²) in [4.78, 5) is 119. The average molecular weight is 1020 g/mol. The summed E-state index contributed by atoms with van der Waals surface area (Å²) in [5.74, 6) is -6.93. The Balaban J connectivity index is 2.37. The highest BCUT2D eigenvalue weighted by Gasteiger charge is 2.39. The van der Waals surface area contributed by atoms with Crippen LogP contribution in [-0.4, -0.2) is 163 Å². The molecule has 0 fully saturated rings. The van der Waals surface area contributed by atoms with Gasteiger partial charge in [0, 0.05) is 33.6 Å². The molecule has 0 spiro atoms. The second-order valence-corrected chi connectivity index (χ2v) is 18.2. The summed E-state index contributed by atoms with van der Waals surface area (Å²) in [6.07, 6.45) is 1.18. The van der Waals surface area contributed by atoms with Crippen LogP contribution in [-0.2, 0) is 51.2 Å². The number of guanidine groups is 2. The number of nitrogens with zero attached hydrogens (tertiary/aromatic N) is 4. The summed E-state index contributed by atoms with van der Waals surface area (Å²) >= 11 is 0. The minimum Gasteiger partial charge on any atom is -0.508 e. The van der Waals surface area contributed by atoms with Crippen LogP contribution in [0.1, 0.15) is 77.3 Å².